The van der Waals surface area contributed by atoms with Gasteiger partial charge in [0.25, 0.3) is 0 Å². The van der Waals surface area contributed by atoms with E-state index in [0.29, 0.717) is 5.69 Å². The fourth-order valence-electron chi connectivity index (χ4n) is 1.63. The molecule has 2 aromatic heterocycles. The number of amides is 1. The molecule has 1 unspecified atom stereocenters. The van der Waals surface area contributed by atoms with Crippen LogP contribution in [0.1, 0.15) is 12.1 Å². The molecule has 0 radical (unpaired) electrons. The van der Waals surface area contributed by atoms with Crippen molar-refractivity contribution in [2.75, 3.05) is 0 Å². The number of hydrogen-bond donors (Lipinski definition) is 2. The second-order valence-corrected chi connectivity index (χ2v) is 5.84. The van der Waals surface area contributed by atoms with Gasteiger partial charge in [0.15, 0.2) is 0 Å². The van der Waals surface area contributed by atoms with Crippen LogP contribution in [-0.4, -0.2) is 28.0 Å². The minimum atomic E-state index is -1.14. The number of aliphatic carboxylic acids is 1. The van der Waals surface area contributed by atoms with Gasteiger partial charge in [-0.1, -0.05) is 0 Å². The van der Waals surface area contributed by atoms with Crippen LogP contribution in [0.5, 0.6) is 0 Å². The summed E-state index contributed by atoms with van der Waals surface area (Å²) in [6.45, 7) is 0. The number of hydrogen-bond acceptors (Lipinski definition) is 5. The summed E-state index contributed by atoms with van der Waals surface area (Å²) in [6, 6.07) is 0.901. The van der Waals surface area contributed by atoms with Gasteiger partial charge in [-0.2, -0.15) is 11.3 Å². The Bertz CT molecular complexity index is 671. The van der Waals surface area contributed by atoms with Gasteiger partial charge in [0.2, 0.25) is 5.91 Å². The lowest BCUT2D eigenvalue weighted by atomic mass is 10.2. The molecule has 0 aliphatic carbocycles. The molecule has 108 valence electrons. The topological polar surface area (TPSA) is 79.3 Å². The summed E-state index contributed by atoms with van der Waals surface area (Å²) in [5.41, 5.74) is 1.64. The lowest BCUT2D eigenvalue weighted by Crippen LogP contribution is -2.41. The van der Waals surface area contributed by atoms with Crippen molar-refractivity contribution in [2.24, 2.45) is 0 Å². The number of carbonyl (C=O) groups is 2. The van der Waals surface area contributed by atoms with Gasteiger partial charge in [-0.3, -0.25) is 4.79 Å². The molecule has 0 aromatic carbocycles. The third-order valence-electron chi connectivity index (χ3n) is 2.62. The first kappa shape index (κ1) is 15.2. The zero-order valence-electron chi connectivity index (χ0n) is 10.9. The molecule has 2 rings (SSSR count). The lowest BCUT2D eigenvalue weighted by Gasteiger charge is -2.10. The van der Waals surface area contributed by atoms with Gasteiger partial charge in [-0.05, 0) is 11.4 Å². The fourth-order valence-corrected chi connectivity index (χ4v) is 3.17. The fraction of sp³-hybridized carbons (Fsp3) is 0.214. The predicted molar refractivity (Wildman–Crippen MR) is 82.1 cm³/mol. The molecule has 0 saturated carbocycles. The Kier molecular flexibility index (Phi) is 5.09. The predicted octanol–water partition coefficient (Wildman–Crippen LogP) is 2.01. The van der Waals surface area contributed by atoms with Gasteiger partial charge < -0.3 is 10.4 Å². The second kappa shape index (κ2) is 7.02. The van der Waals surface area contributed by atoms with E-state index in [1.54, 1.807) is 16.7 Å². The number of carbonyl (C=O) groups excluding carboxylic acids is 1. The SMILES string of the molecule is C#CCC(NC(=O)Cc1csc(-c2ccsc2)n1)C(=O)O. The van der Waals surface area contributed by atoms with E-state index in [1.165, 1.54) is 11.3 Å². The highest BCUT2D eigenvalue weighted by Crippen LogP contribution is 2.25. The molecule has 2 aromatic rings. The van der Waals surface area contributed by atoms with E-state index in [2.05, 4.69) is 16.2 Å². The van der Waals surface area contributed by atoms with E-state index >= 15 is 0 Å². The first-order chi connectivity index (χ1) is 10.1. The Morgan fingerprint density at radius 2 is 2.29 bits per heavy atom. The second-order valence-electron chi connectivity index (χ2n) is 4.20. The van der Waals surface area contributed by atoms with Crippen molar-refractivity contribution < 1.29 is 14.7 Å². The van der Waals surface area contributed by atoms with Crippen LogP contribution >= 0.6 is 22.7 Å². The van der Waals surface area contributed by atoms with Crippen LogP contribution in [0.25, 0.3) is 10.6 Å². The van der Waals surface area contributed by atoms with Crippen molar-refractivity contribution in [3.05, 3.63) is 27.9 Å². The number of rotatable bonds is 6. The van der Waals surface area contributed by atoms with Crippen molar-refractivity contribution >= 4 is 34.6 Å². The summed E-state index contributed by atoms with van der Waals surface area (Å²) in [4.78, 5) is 27.1. The molecule has 0 saturated heterocycles. The molecule has 5 nitrogen and oxygen atoms in total. The smallest absolute Gasteiger partial charge is 0.327 e. The molecule has 7 heteroatoms. The van der Waals surface area contributed by atoms with E-state index in [-0.39, 0.29) is 12.8 Å². The molecule has 2 heterocycles. The van der Waals surface area contributed by atoms with Crippen LogP contribution in [0.15, 0.2) is 22.2 Å². The minimum absolute atomic E-state index is 0.0367. The average molecular weight is 320 g/mol. The van der Waals surface area contributed by atoms with Crippen LogP contribution in [0.2, 0.25) is 0 Å². The van der Waals surface area contributed by atoms with Crippen molar-refractivity contribution in [2.45, 2.75) is 18.9 Å². The Balaban J connectivity index is 1.97. The van der Waals surface area contributed by atoms with Gasteiger partial charge in [-0.15, -0.1) is 23.7 Å². The Labute approximate surface area is 129 Å². The molecule has 0 spiro atoms. The Hall–Kier alpha value is -2.17. The summed E-state index contributed by atoms with van der Waals surface area (Å²) >= 11 is 3.03. The number of nitrogens with one attached hydrogen (secondary N) is 1. The van der Waals surface area contributed by atoms with Crippen LogP contribution < -0.4 is 5.32 Å². The normalized spacial score (nSPS) is 11.6. The molecule has 2 N–H and O–H groups in total. The summed E-state index contributed by atoms with van der Waals surface area (Å²) in [5, 5.41) is 17.9. The number of thiophene rings is 1. The van der Waals surface area contributed by atoms with Gasteiger partial charge in [0.1, 0.15) is 11.0 Å². The minimum Gasteiger partial charge on any atom is -0.480 e. The molecule has 0 aliphatic rings. The zero-order valence-corrected chi connectivity index (χ0v) is 12.5. The van der Waals surface area contributed by atoms with Gasteiger partial charge in [-0.25, -0.2) is 9.78 Å². The van der Waals surface area contributed by atoms with Gasteiger partial charge in [0, 0.05) is 22.7 Å². The highest BCUT2D eigenvalue weighted by Gasteiger charge is 2.19. The Morgan fingerprint density at radius 1 is 1.48 bits per heavy atom. The van der Waals surface area contributed by atoms with Crippen molar-refractivity contribution in [1.29, 1.82) is 0 Å². The summed E-state index contributed by atoms with van der Waals surface area (Å²) in [6.07, 6.45) is 5.07. The highest BCUT2D eigenvalue weighted by atomic mass is 32.1. The van der Waals surface area contributed by atoms with E-state index in [0.717, 1.165) is 10.6 Å². The third-order valence-corrected chi connectivity index (χ3v) is 4.24. The average Bonchev–Trinajstić information content (AvgIpc) is 3.08. The number of terminal acetylenes is 1. The number of nitrogens with zero attached hydrogens (tertiary/aromatic N) is 1. The van der Waals surface area contributed by atoms with Crippen LogP contribution in [-0.2, 0) is 16.0 Å². The van der Waals surface area contributed by atoms with Gasteiger partial charge >= 0.3 is 5.97 Å². The summed E-state index contributed by atoms with van der Waals surface area (Å²) in [5.74, 6) is 0.690. The molecular weight excluding hydrogens is 308 g/mol. The van der Waals surface area contributed by atoms with Crippen molar-refractivity contribution in [3.63, 3.8) is 0 Å². The van der Waals surface area contributed by atoms with Crippen molar-refractivity contribution in [1.82, 2.24) is 10.3 Å². The van der Waals surface area contributed by atoms with Crippen LogP contribution in [0, 0.1) is 12.3 Å². The molecule has 21 heavy (non-hydrogen) atoms. The molecular formula is C14H12N2O3S2. The van der Waals surface area contributed by atoms with Gasteiger partial charge in [0.05, 0.1) is 12.1 Å². The molecule has 1 amide bonds. The quantitative estimate of drug-likeness (QED) is 0.798. The first-order valence-corrected chi connectivity index (χ1v) is 7.85. The number of carboxylic acid groups (broad SMARTS) is 1. The number of carboxylic acids is 1. The van der Waals surface area contributed by atoms with Crippen LogP contribution in [0.4, 0.5) is 0 Å². The zero-order chi connectivity index (χ0) is 15.2. The van der Waals surface area contributed by atoms with E-state index < -0.39 is 17.9 Å². The first-order valence-electron chi connectivity index (χ1n) is 6.02. The molecule has 0 bridgehead atoms. The molecule has 0 fully saturated rings. The number of aromatic nitrogens is 1. The highest BCUT2D eigenvalue weighted by molar-refractivity contribution is 7.14. The lowest BCUT2D eigenvalue weighted by molar-refractivity contribution is -0.141. The maximum absolute atomic E-state index is 11.8. The Morgan fingerprint density at radius 3 is 2.90 bits per heavy atom. The summed E-state index contributed by atoms with van der Waals surface area (Å²) in [7, 11) is 0. The largest absolute Gasteiger partial charge is 0.480 e. The summed E-state index contributed by atoms with van der Waals surface area (Å²) < 4.78 is 0. The maximum Gasteiger partial charge on any atom is 0.327 e. The van der Waals surface area contributed by atoms with E-state index in [4.69, 9.17) is 11.5 Å². The number of thiazole rings is 1. The standard InChI is InChI=1S/C14H12N2O3S2/c1-2-3-11(14(18)19)16-12(17)6-10-8-21-13(15-10)9-4-5-20-7-9/h1,4-5,7-8,11H,3,6H2,(H,16,17)(H,18,19). The van der Waals surface area contributed by atoms with Crippen LogP contribution in [0.3, 0.4) is 0 Å². The molecule has 1 atom stereocenters. The maximum atomic E-state index is 11.8. The van der Waals surface area contributed by atoms with E-state index in [9.17, 15) is 9.59 Å². The van der Waals surface area contributed by atoms with Crippen molar-refractivity contribution in [3.8, 4) is 22.9 Å². The van der Waals surface area contributed by atoms with E-state index in [1.807, 2.05) is 16.8 Å². The third kappa shape index (κ3) is 4.15. The monoisotopic (exact) mass is 320 g/mol. The molecule has 0 aliphatic heterocycles.